The minimum absolute atomic E-state index is 0.00293. The van der Waals surface area contributed by atoms with E-state index >= 15 is 0 Å². The first-order valence-corrected chi connectivity index (χ1v) is 9.47. The fourth-order valence-electron chi connectivity index (χ4n) is 2.96. The molecule has 0 saturated heterocycles. The molecular weight excluding hydrogens is 457 g/mol. The lowest BCUT2D eigenvalue weighted by Crippen LogP contribution is -2.19. The number of hydrogen-bond donors (Lipinski definition) is 2. The molecule has 0 aliphatic rings. The van der Waals surface area contributed by atoms with E-state index in [2.05, 4.69) is 35.8 Å². The molecule has 0 radical (unpaired) electrons. The van der Waals surface area contributed by atoms with E-state index in [1.807, 2.05) is 0 Å². The van der Waals surface area contributed by atoms with E-state index in [0.717, 1.165) is 23.0 Å². The van der Waals surface area contributed by atoms with Crippen LogP contribution in [-0.4, -0.2) is 44.5 Å². The van der Waals surface area contributed by atoms with E-state index in [4.69, 9.17) is 10.5 Å². The number of methoxy groups -OCH3 is 1. The molecule has 3 N–H and O–H groups in total. The number of nitrogens with zero attached hydrogens (tertiary/aromatic N) is 6. The van der Waals surface area contributed by atoms with Gasteiger partial charge in [0.25, 0.3) is 5.91 Å². The third kappa shape index (κ3) is 4.55. The largest absolute Gasteiger partial charge is 0.497 e. The summed E-state index contributed by atoms with van der Waals surface area (Å²) in [5.74, 6) is -0.395. The summed E-state index contributed by atoms with van der Waals surface area (Å²) in [5.41, 5.74) is 7.76. The number of anilines is 1. The molecule has 0 bridgehead atoms. The van der Waals surface area contributed by atoms with Gasteiger partial charge in [0.15, 0.2) is 5.69 Å². The normalized spacial score (nSPS) is 11.6. The molecule has 14 heteroatoms. The van der Waals surface area contributed by atoms with Crippen molar-refractivity contribution in [2.75, 3.05) is 12.8 Å². The van der Waals surface area contributed by atoms with Crippen molar-refractivity contribution >= 4 is 17.9 Å². The second kappa shape index (κ2) is 9.01. The SMILES string of the molecule is COc1cccc(-c2c(C(=O)N/N=C/c3cccc(C(F)(F)F)c3)nnn2-c2nonc2N)c1. The van der Waals surface area contributed by atoms with Gasteiger partial charge in [0, 0.05) is 5.56 Å². The second-order valence-corrected chi connectivity index (χ2v) is 6.73. The zero-order chi connectivity index (χ0) is 24.3. The number of alkyl halides is 3. The average Bonchev–Trinajstić information content (AvgIpc) is 3.44. The van der Waals surface area contributed by atoms with E-state index < -0.39 is 17.6 Å². The van der Waals surface area contributed by atoms with Gasteiger partial charge in [-0.15, -0.1) is 5.10 Å². The van der Waals surface area contributed by atoms with E-state index in [0.29, 0.717) is 11.3 Å². The number of hydrogen-bond acceptors (Lipinski definition) is 9. The summed E-state index contributed by atoms with van der Waals surface area (Å²) in [7, 11) is 1.48. The maximum absolute atomic E-state index is 12.9. The Balaban J connectivity index is 1.66. The Bertz CT molecular complexity index is 1360. The fourth-order valence-corrected chi connectivity index (χ4v) is 2.96. The number of benzene rings is 2. The number of carbonyl (C=O) groups excluding carboxylic acids is 1. The van der Waals surface area contributed by atoms with Crippen LogP contribution in [0.5, 0.6) is 5.75 Å². The third-order valence-corrected chi connectivity index (χ3v) is 4.52. The van der Waals surface area contributed by atoms with Crippen LogP contribution in [0.1, 0.15) is 21.6 Å². The van der Waals surface area contributed by atoms with E-state index in [-0.39, 0.29) is 28.6 Å². The van der Waals surface area contributed by atoms with Crippen molar-refractivity contribution in [3.8, 4) is 22.8 Å². The Labute approximate surface area is 189 Å². The van der Waals surface area contributed by atoms with Crippen molar-refractivity contribution in [2.45, 2.75) is 6.18 Å². The van der Waals surface area contributed by atoms with Crippen molar-refractivity contribution in [1.29, 1.82) is 0 Å². The highest BCUT2D eigenvalue weighted by Crippen LogP contribution is 2.30. The molecule has 0 saturated carbocycles. The topological polar surface area (TPSA) is 146 Å². The summed E-state index contributed by atoms with van der Waals surface area (Å²) < 4.78 is 49.6. The number of nitrogen functional groups attached to an aromatic ring is 1. The van der Waals surface area contributed by atoms with Crippen LogP contribution in [0.15, 0.2) is 58.3 Å². The van der Waals surface area contributed by atoms with Crippen molar-refractivity contribution in [2.24, 2.45) is 5.10 Å². The first-order chi connectivity index (χ1) is 16.3. The monoisotopic (exact) mass is 472 g/mol. The Kier molecular flexibility index (Phi) is 5.95. The fraction of sp³-hybridized carbons (Fsp3) is 0.100. The van der Waals surface area contributed by atoms with Gasteiger partial charge < -0.3 is 10.5 Å². The molecule has 0 aliphatic heterocycles. The molecule has 0 atom stereocenters. The molecule has 1 amide bonds. The number of amides is 1. The predicted octanol–water partition coefficient (Wildman–Crippen LogP) is 2.69. The Hall–Kier alpha value is -4.75. The zero-order valence-electron chi connectivity index (χ0n) is 17.3. The van der Waals surface area contributed by atoms with Gasteiger partial charge in [-0.1, -0.05) is 29.5 Å². The van der Waals surface area contributed by atoms with E-state index in [1.54, 1.807) is 24.3 Å². The molecule has 0 aliphatic carbocycles. The molecular formula is C20H15F3N8O3. The highest BCUT2D eigenvalue weighted by molar-refractivity contribution is 5.99. The van der Waals surface area contributed by atoms with Gasteiger partial charge in [0.1, 0.15) is 11.4 Å². The van der Waals surface area contributed by atoms with Gasteiger partial charge in [0.05, 0.1) is 18.9 Å². The van der Waals surface area contributed by atoms with Crippen LogP contribution in [0.2, 0.25) is 0 Å². The minimum Gasteiger partial charge on any atom is -0.497 e. The van der Waals surface area contributed by atoms with Crippen LogP contribution in [0.3, 0.4) is 0 Å². The maximum Gasteiger partial charge on any atom is 0.416 e. The lowest BCUT2D eigenvalue weighted by molar-refractivity contribution is -0.137. The molecule has 2 aromatic heterocycles. The van der Waals surface area contributed by atoms with Crippen LogP contribution < -0.4 is 15.9 Å². The highest BCUT2D eigenvalue weighted by atomic mass is 19.4. The average molecular weight is 472 g/mol. The number of halogens is 3. The smallest absolute Gasteiger partial charge is 0.416 e. The van der Waals surface area contributed by atoms with E-state index in [9.17, 15) is 18.0 Å². The molecule has 2 heterocycles. The third-order valence-electron chi connectivity index (χ3n) is 4.52. The Morgan fingerprint density at radius 3 is 2.71 bits per heavy atom. The van der Waals surface area contributed by atoms with Crippen molar-refractivity contribution in [3.05, 3.63) is 65.4 Å². The van der Waals surface area contributed by atoms with Crippen molar-refractivity contribution < 1.29 is 27.3 Å². The zero-order valence-corrected chi connectivity index (χ0v) is 17.3. The Morgan fingerprint density at radius 2 is 2.00 bits per heavy atom. The lowest BCUT2D eigenvalue weighted by Gasteiger charge is -2.08. The maximum atomic E-state index is 12.9. The number of nitrogens with one attached hydrogen (secondary N) is 1. The summed E-state index contributed by atoms with van der Waals surface area (Å²) in [4.78, 5) is 12.8. The molecule has 2 aromatic carbocycles. The number of hydrazone groups is 1. The molecule has 4 rings (SSSR count). The molecule has 0 fully saturated rings. The van der Waals surface area contributed by atoms with Crippen LogP contribution in [-0.2, 0) is 6.18 Å². The van der Waals surface area contributed by atoms with E-state index in [1.165, 1.54) is 19.2 Å². The van der Waals surface area contributed by atoms with Gasteiger partial charge in [-0.25, -0.2) is 10.1 Å². The van der Waals surface area contributed by atoms with Crippen molar-refractivity contribution in [1.82, 2.24) is 30.7 Å². The molecule has 0 unspecified atom stereocenters. The predicted molar refractivity (Wildman–Crippen MR) is 112 cm³/mol. The number of rotatable bonds is 6. The lowest BCUT2D eigenvalue weighted by atomic mass is 10.1. The number of aromatic nitrogens is 5. The van der Waals surface area contributed by atoms with Gasteiger partial charge in [0.2, 0.25) is 11.6 Å². The summed E-state index contributed by atoms with van der Waals surface area (Å²) in [6, 6.07) is 11.1. The summed E-state index contributed by atoms with van der Waals surface area (Å²) in [6.45, 7) is 0. The summed E-state index contributed by atoms with van der Waals surface area (Å²) in [5, 5.41) is 18.7. The van der Waals surface area contributed by atoms with Gasteiger partial charge in [-0.2, -0.15) is 23.0 Å². The van der Waals surface area contributed by atoms with Gasteiger partial charge in [-0.05, 0) is 40.1 Å². The molecule has 34 heavy (non-hydrogen) atoms. The highest BCUT2D eigenvalue weighted by Gasteiger charge is 2.30. The van der Waals surface area contributed by atoms with Gasteiger partial charge in [-0.3, -0.25) is 4.79 Å². The standard InChI is InChI=1S/C20H15F3N8O3/c1-33-14-7-3-5-12(9-14)16-15(26-30-31(16)18-17(24)28-34-29-18)19(32)27-25-10-11-4-2-6-13(8-11)20(21,22)23/h2-10H,1H3,(H2,24,28)(H,27,32)/b25-10+. The van der Waals surface area contributed by atoms with Crippen LogP contribution in [0.4, 0.5) is 19.0 Å². The number of ether oxygens (including phenoxy) is 1. The molecule has 174 valence electrons. The van der Waals surface area contributed by atoms with Gasteiger partial charge >= 0.3 is 6.18 Å². The summed E-state index contributed by atoms with van der Waals surface area (Å²) in [6.07, 6.45) is -3.43. The van der Waals surface area contributed by atoms with Crippen LogP contribution in [0, 0.1) is 0 Å². The first-order valence-electron chi connectivity index (χ1n) is 9.47. The number of carbonyl (C=O) groups is 1. The quantitative estimate of drug-likeness (QED) is 0.322. The molecule has 4 aromatic rings. The molecule has 11 nitrogen and oxygen atoms in total. The first kappa shape index (κ1) is 22.4. The van der Waals surface area contributed by atoms with Crippen molar-refractivity contribution in [3.63, 3.8) is 0 Å². The summed E-state index contributed by atoms with van der Waals surface area (Å²) >= 11 is 0. The van der Waals surface area contributed by atoms with Crippen LogP contribution in [0.25, 0.3) is 17.1 Å². The van der Waals surface area contributed by atoms with Crippen LogP contribution >= 0.6 is 0 Å². The Morgan fingerprint density at radius 1 is 1.21 bits per heavy atom. The minimum atomic E-state index is -4.50. The second-order valence-electron chi connectivity index (χ2n) is 6.73. The molecule has 0 spiro atoms. The number of nitrogens with two attached hydrogens (primary N) is 1.